The quantitative estimate of drug-likeness (QED) is 0.661. The molecule has 0 spiro atoms. The van der Waals surface area contributed by atoms with Crippen LogP contribution in [0, 0.1) is 0 Å². The van der Waals surface area contributed by atoms with Crippen LogP contribution in [0.25, 0.3) is 0 Å². The Morgan fingerprint density at radius 2 is 1.67 bits per heavy atom. The first-order valence-corrected chi connectivity index (χ1v) is 8.67. The molecule has 0 radical (unpaired) electrons. The van der Waals surface area contributed by atoms with Crippen LogP contribution in [-0.4, -0.2) is 42.8 Å². The summed E-state index contributed by atoms with van der Waals surface area (Å²) in [7, 11) is 0. The standard InChI is InChI=1S/C19H25N3O4.ClH/c1-18(2)10-13(19(3,4)22-18)17(24)21-8-7-20-16(23)12-5-6-14-15(9-12)26-11-25-14;/h5-6,9-10,22H,7-8,11H2,1-4H3,(H,20,23)(H,21,24);1H. The molecule has 2 heterocycles. The molecule has 2 aliphatic heterocycles. The molecule has 7 nitrogen and oxygen atoms in total. The Hall–Kier alpha value is -2.25. The Bertz CT molecular complexity index is 774. The van der Waals surface area contributed by atoms with E-state index in [9.17, 15) is 9.59 Å². The van der Waals surface area contributed by atoms with Gasteiger partial charge in [-0.1, -0.05) is 6.08 Å². The average molecular weight is 396 g/mol. The summed E-state index contributed by atoms with van der Waals surface area (Å²) in [5.41, 5.74) is 0.600. The zero-order valence-electron chi connectivity index (χ0n) is 16.0. The van der Waals surface area contributed by atoms with Crippen LogP contribution in [0.15, 0.2) is 29.8 Å². The van der Waals surface area contributed by atoms with Crippen LogP contribution in [0.4, 0.5) is 0 Å². The van der Waals surface area contributed by atoms with E-state index in [1.54, 1.807) is 18.2 Å². The van der Waals surface area contributed by atoms with Gasteiger partial charge in [0.15, 0.2) is 11.5 Å². The highest BCUT2D eigenvalue weighted by molar-refractivity contribution is 5.97. The summed E-state index contributed by atoms with van der Waals surface area (Å²) in [5, 5.41) is 9.05. The maximum atomic E-state index is 12.4. The third kappa shape index (κ3) is 4.73. The van der Waals surface area contributed by atoms with Gasteiger partial charge in [-0.25, -0.2) is 0 Å². The smallest absolute Gasteiger partial charge is 0.251 e. The van der Waals surface area contributed by atoms with Gasteiger partial charge in [0.05, 0.1) is 0 Å². The maximum Gasteiger partial charge on any atom is 0.251 e. The number of fused-ring (bicyclic) bond motifs is 1. The maximum absolute atomic E-state index is 12.4. The Morgan fingerprint density at radius 3 is 2.30 bits per heavy atom. The lowest BCUT2D eigenvalue weighted by molar-refractivity contribution is -0.118. The molecule has 0 saturated heterocycles. The molecule has 8 heteroatoms. The number of hydrogen-bond donors (Lipinski definition) is 3. The number of halogens is 1. The van der Waals surface area contributed by atoms with E-state index in [4.69, 9.17) is 9.47 Å². The van der Waals surface area contributed by atoms with Crippen molar-refractivity contribution in [2.75, 3.05) is 19.9 Å². The van der Waals surface area contributed by atoms with Gasteiger partial charge in [0.2, 0.25) is 12.7 Å². The molecule has 0 unspecified atom stereocenters. The van der Waals surface area contributed by atoms with Gasteiger partial charge in [-0.2, -0.15) is 0 Å². The fourth-order valence-electron chi connectivity index (χ4n) is 3.39. The molecule has 0 bridgehead atoms. The van der Waals surface area contributed by atoms with Crippen molar-refractivity contribution < 1.29 is 19.1 Å². The lowest BCUT2D eigenvalue weighted by Gasteiger charge is -2.27. The molecule has 2 aliphatic rings. The lowest BCUT2D eigenvalue weighted by Crippen LogP contribution is -2.48. The van der Waals surface area contributed by atoms with Crippen molar-refractivity contribution in [3.05, 3.63) is 35.4 Å². The van der Waals surface area contributed by atoms with Gasteiger partial charge in [0, 0.05) is 35.3 Å². The van der Waals surface area contributed by atoms with Gasteiger partial charge in [-0.3, -0.25) is 14.9 Å². The predicted molar refractivity (Wildman–Crippen MR) is 105 cm³/mol. The summed E-state index contributed by atoms with van der Waals surface area (Å²) >= 11 is 0. The van der Waals surface area contributed by atoms with E-state index in [2.05, 4.69) is 16.0 Å². The van der Waals surface area contributed by atoms with Gasteiger partial charge < -0.3 is 20.1 Å². The van der Waals surface area contributed by atoms with Gasteiger partial charge >= 0.3 is 0 Å². The van der Waals surface area contributed by atoms with Crippen molar-refractivity contribution in [1.29, 1.82) is 0 Å². The number of carbonyl (C=O) groups excluding carboxylic acids is 2. The SMILES string of the molecule is CC1(C)C=C(C(=O)NCCNC(=O)c2ccc3c(c2)OCO3)C(C)(C)N1.Cl. The van der Waals surface area contributed by atoms with Gasteiger partial charge in [-0.15, -0.1) is 12.4 Å². The fraction of sp³-hybridized carbons (Fsp3) is 0.474. The van der Waals surface area contributed by atoms with Crippen molar-refractivity contribution in [3.8, 4) is 11.5 Å². The third-order valence-electron chi connectivity index (χ3n) is 4.39. The minimum absolute atomic E-state index is 0. The number of rotatable bonds is 5. The molecule has 3 rings (SSSR count). The Morgan fingerprint density at radius 1 is 1.04 bits per heavy atom. The molecule has 1 aromatic carbocycles. The second kappa shape index (κ2) is 7.78. The average Bonchev–Trinajstić information content (AvgIpc) is 3.10. The van der Waals surface area contributed by atoms with E-state index < -0.39 is 0 Å². The first-order valence-electron chi connectivity index (χ1n) is 8.67. The Balaban J connectivity index is 0.00000261. The lowest BCUT2D eigenvalue weighted by atomic mass is 9.96. The van der Waals surface area contributed by atoms with Crippen LogP contribution < -0.4 is 25.4 Å². The van der Waals surface area contributed by atoms with E-state index in [0.717, 1.165) is 0 Å². The normalized spacial score (nSPS) is 18.3. The second-order valence-corrected chi connectivity index (χ2v) is 7.61. The van der Waals surface area contributed by atoms with Crippen LogP contribution >= 0.6 is 12.4 Å². The molecule has 3 N–H and O–H groups in total. The molecule has 0 atom stereocenters. The van der Waals surface area contributed by atoms with Crippen molar-refractivity contribution in [1.82, 2.24) is 16.0 Å². The van der Waals surface area contributed by atoms with Crippen LogP contribution in [0.2, 0.25) is 0 Å². The number of benzene rings is 1. The highest BCUT2D eigenvalue weighted by Gasteiger charge is 2.39. The van der Waals surface area contributed by atoms with E-state index >= 15 is 0 Å². The monoisotopic (exact) mass is 395 g/mol. The summed E-state index contributed by atoms with van der Waals surface area (Å²) in [6, 6.07) is 5.04. The molecule has 1 aromatic rings. The fourth-order valence-corrected chi connectivity index (χ4v) is 3.39. The van der Waals surface area contributed by atoms with Gasteiger partial charge in [-0.05, 0) is 45.9 Å². The second-order valence-electron chi connectivity index (χ2n) is 7.61. The number of amides is 2. The molecular formula is C19H26ClN3O4. The van der Waals surface area contributed by atoms with Gasteiger partial charge in [0.25, 0.3) is 5.91 Å². The molecular weight excluding hydrogens is 370 g/mol. The third-order valence-corrected chi connectivity index (χ3v) is 4.39. The van der Waals surface area contributed by atoms with Crippen LogP contribution in [-0.2, 0) is 4.79 Å². The number of carbonyl (C=O) groups is 2. The Labute approximate surface area is 165 Å². The van der Waals surface area contributed by atoms with Crippen molar-refractivity contribution in [2.24, 2.45) is 0 Å². The van der Waals surface area contributed by atoms with Crippen molar-refractivity contribution in [3.63, 3.8) is 0 Å². The highest BCUT2D eigenvalue weighted by atomic mass is 35.5. The molecule has 0 aliphatic carbocycles. The summed E-state index contributed by atoms with van der Waals surface area (Å²) in [5.74, 6) is 0.862. The first kappa shape index (κ1) is 21.1. The Kier molecular flexibility index (Phi) is 6.07. The van der Waals surface area contributed by atoms with Crippen LogP contribution in [0.3, 0.4) is 0 Å². The van der Waals surface area contributed by atoms with Crippen molar-refractivity contribution >= 4 is 24.2 Å². The molecule has 0 fully saturated rings. The number of ether oxygens (including phenoxy) is 2. The highest BCUT2D eigenvalue weighted by Crippen LogP contribution is 2.32. The molecule has 148 valence electrons. The topological polar surface area (TPSA) is 88.7 Å². The summed E-state index contributed by atoms with van der Waals surface area (Å²) in [6.45, 7) is 8.88. The zero-order valence-corrected chi connectivity index (χ0v) is 16.8. The molecule has 0 aromatic heterocycles. The van der Waals surface area contributed by atoms with Crippen LogP contribution in [0.1, 0.15) is 38.1 Å². The van der Waals surface area contributed by atoms with E-state index in [0.29, 0.717) is 35.7 Å². The minimum Gasteiger partial charge on any atom is -0.454 e. The van der Waals surface area contributed by atoms with Crippen molar-refractivity contribution in [2.45, 2.75) is 38.8 Å². The first-order chi connectivity index (χ1) is 12.2. The van der Waals surface area contributed by atoms with Gasteiger partial charge in [0.1, 0.15) is 0 Å². The van der Waals surface area contributed by atoms with E-state index in [1.807, 2.05) is 33.8 Å². The predicted octanol–water partition coefficient (Wildman–Crippen LogP) is 1.77. The molecule has 27 heavy (non-hydrogen) atoms. The molecule has 2 amide bonds. The zero-order chi connectivity index (χ0) is 18.9. The number of nitrogens with one attached hydrogen (secondary N) is 3. The summed E-state index contributed by atoms with van der Waals surface area (Å²) < 4.78 is 10.5. The van der Waals surface area contributed by atoms with E-state index in [1.165, 1.54) is 0 Å². The summed E-state index contributed by atoms with van der Waals surface area (Å²) in [6.07, 6.45) is 1.95. The summed E-state index contributed by atoms with van der Waals surface area (Å²) in [4.78, 5) is 24.6. The molecule has 0 saturated carbocycles. The minimum atomic E-state index is -0.386. The number of hydrogen-bond acceptors (Lipinski definition) is 5. The van der Waals surface area contributed by atoms with Crippen LogP contribution in [0.5, 0.6) is 11.5 Å². The van der Waals surface area contributed by atoms with E-state index in [-0.39, 0.29) is 42.1 Å². The largest absolute Gasteiger partial charge is 0.454 e.